The lowest BCUT2D eigenvalue weighted by Gasteiger charge is -2.39. The Morgan fingerprint density at radius 3 is 2.72 bits per heavy atom. The Bertz CT molecular complexity index is 840. The Morgan fingerprint density at radius 2 is 2.00 bits per heavy atom. The van der Waals surface area contributed by atoms with Gasteiger partial charge in [-0.3, -0.25) is 9.48 Å². The second-order valence-electron chi connectivity index (χ2n) is 8.22. The summed E-state index contributed by atoms with van der Waals surface area (Å²) < 4.78 is 13.1. The van der Waals surface area contributed by atoms with Gasteiger partial charge in [0, 0.05) is 31.7 Å². The molecule has 1 aliphatic carbocycles. The monoisotopic (exact) mass is 398 g/mol. The number of carbonyl (C=O) groups excluding carboxylic acids is 1. The summed E-state index contributed by atoms with van der Waals surface area (Å²) in [7, 11) is 0. The second kappa shape index (κ2) is 8.78. The quantitative estimate of drug-likeness (QED) is 0.571. The van der Waals surface area contributed by atoms with Crippen LogP contribution in [-0.4, -0.2) is 40.5 Å². The lowest BCUT2D eigenvalue weighted by Crippen LogP contribution is -2.38. The number of nitrogens with zero attached hydrogens (tertiary/aromatic N) is 2. The number of hydrogen-bond donors (Lipinski definition) is 1. The van der Waals surface area contributed by atoms with Crippen LogP contribution in [-0.2, 0) is 28.9 Å². The van der Waals surface area contributed by atoms with Crippen LogP contribution >= 0.6 is 0 Å². The third-order valence-electron chi connectivity index (χ3n) is 6.25. The molecule has 1 aromatic carbocycles. The van der Waals surface area contributed by atoms with Crippen molar-refractivity contribution in [2.75, 3.05) is 19.8 Å². The molecule has 2 aromatic rings. The highest BCUT2D eigenvalue weighted by Gasteiger charge is 2.42. The van der Waals surface area contributed by atoms with Crippen LogP contribution in [0.25, 0.3) is 0 Å². The number of aliphatic hydroxyl groups is 1. The van der Waals surface area contributed by atoms with E-state index in [1.54, 1.807) is 0 Å². The van der Waals surface area contributed by atoms with E-state index in [1.807, 2.05) is 35.0 Å². The van der Waals surface area contributed by atoms with E-state index in [9.17, 15) is 9.90 Å². The summed E-state index contributed by atoms with van der Waals surface area (Å²) in [6, 6.07) is 9.37. The summed E-state index contributed by atoms with van der Waals surface area (Å²) in [6.07, 6.45) is 3.98. The molecule has 4 rings (SSSR count). The predicted octanol–water partition coefficient (Wildman–Crippen LogP) is 3.47. The molecule has 1 atom stereocenters. The van der Waals surface area contributed by atoms with Gasteiger partial charge < -0.3 is 14.6 Å². The number of ketones is 1. The third-order valence-corrected chi connectivity index (χ3v) is 6.25. The number of ether oxygens (including phenoxy) is 2. The standard InChI is InChI=1S/C23H30N2O4/c1-2-18-21-19(15-23(16-20(21)26)9-13-28-14-10-23)25(24-18)11-6-12-29-22(27)17-7-4-3-5-8-17/h3-5,7-8,22,27H,2,6,9-16H2,1H3. The van der Waals surface area contributed by atoms with Crippen molar-refractivity contribution < 1.29 is 19.4 Å². The van der Waals surface area contributed by atoms with Crippen LogP contribution in [0.3, 0.4) is 0 Å². The maximum absolute atomic E-state index is 13.0. The number of hydrogen-bond acceptors (Lipinski definition) is 5. The van der Waals surface area contributed by atoms with Crippen molar-refractivity contribution in [2.24, 2.45) is 5.41 Å². The average molecular weight is 399 g/mol. The summed E-state index contributed by atoms with van der Waals surface area (Å²) in [4.78, 5) is 13.0. The number of aryl methyl sites for hydroxylation is 2. The zero-order chi connectivity index (χ0) is 20.3. The van der Waals surface area contributed by atoms with Gasteiger partial charge in [0.15, 0.2) is 12.1 Å². The fraction of sp³-hybridized carbons (Fsp3) is 0.565. The van der Waals surface area contributed by atoms with Crippen LogP contribution in [0.2, 0.25) is 0 Å². The van der Waals surface area contributed by atoms with Crippen LogP contribution in [0, 0.1) is 5.41 Å². The van der Waals surface area contributed by atoms with Crippen molar-refractivity contribution in [1.29, 1.82) is 0 Å². The summed E-state index contributed by atoms with van der Waals surface area (Å²) in [5.41, 5.74) is 3.64. The molecule has 1 unspecified atom stereocenters. The van der Waals surface area contributed by atoms with Crippen molar-refractivity contribution in [3.63, 3.8) is 0 Å². The zero-order valence-electron chi connectivity index (χ0n) is 17.1. The largest absolute Gasteiger partial charge is 0.381 e. The first-order valence-electron chi connectivity index (χ1n) is 10.7. The van der Waals surface area contributed by atoms with Gasteiger partial charge in [-0.2, -0.15) is 5.10 Å². The SMILES string of the molecule is CCc1nn(CCCOC(O)c2ccccc2)c2c1C(=O)CC1(CCOCC1)C2. The minimum Gasteiger partial charge on any atom is -0.381 e. The summed E-state index contributed by atoms with van der Waals surface area (Å²) in [5, 5.41) is 14.9. The third kappa shape index (κ3) is 4.29. The molecule has 1 N–H and O–H groups in total. The van der Waals surface area contributed by atoms with E-state index >= 15 is 0 Å². The number of carbonyl (C=O) groups is 1. The van der Waals surface area contributed by atoms with E-state index in [-0.39, 0.29) is 11.2 Å². The summed E-state index contributed by atoms with van der Waals surface area (Å²) in [6.45, 7) is 4.65. The van der Waals surface area contributed by atoms with Crippen LogP contribution < -0.4 is 0 Å². The van der Waals surface area contributed by atoms with Gasteiger partial charge in [0.05, 0.1) is 23.6 Å². The normalized spacial score (nSPS) is 19.3. The Hall–Kier alpha value is -2.02. The molecule has 6 heteroatoms. The van der Waals surface area contributed by atoms with Gasteiger partial charge in [-0.1, -0.05) is 37.3 Å². The van der Waals surface area contributed by atoms with E-state index in [0.29, 0.717) is 19.6 Å². The molecule has 2 heterocycles. The molecule has 0 radical (unpaired) electrons. The van der Waals surface area contributed by atoms with E-state index in [2.05, 4.69) is 6.92 Å². The molecule has 1 aliphatic heterocycles. The fourth-order valence-corrected chi connectivity index (χ4v) is 4.61. The number of rotatable bonds is 7. The fourth-order valence-electron chi connectivity index (χ4n) is 4.61. The van der Waals surface area contributed by atoms with E-state index < -0.39 is 6.29 Å². The first-order chi connectivity index (χ1) is 14.1. The van der Waals surface area contributed by atoms with Crippen molar-refractivity contribution in [2.45, 2.75) is 58.3 Å². The van der Waals surface area contributed by atoms with Crippen LogP contribution in [0.5, 0.6) is 0 Å². The molecular formula is C23H30N2O4. The first-order valence-corrected chi connectivity index (χ1v) is 10.7. The van der Waals surface area contributed by atoms with Gasteiger partial charge in [-0.05, 0) is 37.5 Å². The summed E-state index contributed by atoms with van der Waals surface area (Å²) in [5.74, 6) is 0.243. The van der Waals surface area contributed by atoms with Gasteiger partial charge in [-0.25, -0.2) is 0 Å². The zero-order valence-corrected chi connectivity index (χ0v) is 17.1. The van der Waals surface area contributed by atoms with E-state index in [1.165, 1.54) is 0 Å². The second-order valence-corrected chi connectivity index (χ2v) is 8.22. The Labute approximate surface area is 171 Å². The Kier molecular flexibility index (Phi) is 6.13. The predicted molar refractivity (Wildman–Crippen MR) is 109 cm³/mol. The molecule has 1 aromatic heterocycles. The van der Waals surface area contributed by atoms with E-state index in [0.717, 1.165) is 67.8 Å². The number of benzene rings is 1. The number of aliphatic hydroxyl groups excluding tert-OH is 1. The first kappa shape index (κ1) is 20.3. The van der Waals surface area contributed by atoms with Crippen LogP contribution in [0.15, 0.2) is 30.3 Å². The lowest BCUT2D eigenvalue weighted by molar-refractivity contribution is -0.104. The van der Waals surface area contributed by atoms with Crippen molar-refractivity contribution >= 4 is 5.78 Å². The molecule has 156 valence electrons. The van der Waals surface area contributed by atoms with Crippen molar-refractivity contribution in [1.82, 2.24) is 9.78 Å². The highest BCUT2D eigenvalue weighted by molar-refractivity contribution is 5.99. The van der Waals surface area contributed by atoms with Crippen LogP contribution in [0.4, 0.5) is 0 Å². The van der Waals surface area contributed by atoms with Gasteiger partial charge in [0.2, 0.25) is 0 Å². The minimum absolute atomic E-state index is 0.0329. The molecule has 6 nitrogen and oxygen atoms in total. The Morgan fingerprint density at radius 1 is 1.24 bits per heavy atom. The highest BCUT2D eigenvalue weighted by atomic mass is 16.6. The number of aromatic nitrogens is 2. The maximum atomic E-state index is 13.0. The van der Waals surface area contributed by atoms with Crippen LogP contribution in [0.1, 0.15) is 66.2 Å². The van der Waals surface area contributed by atoms with Gasteiger partial charge in [-0.15, -0.1) is 0 Å². The number of fused-ring (bicyclic) bond motifs is 1. The molecule has 1 spiro atoms. The van der Waals surface area contributed by atoms with Gasteiger partial charge in [0.25, 0.3) is 0 Å². The van der Waals surface area contributed by atoms with Gasteiger partial charge in [0.1, 0.15) is 0 Å². The van der Waals surface area contributed by atoms with Gasteiger partial charge >= 0.3 is 0 Å². The molecule has 2 aliphatic rings. The number of Topliss-reactive ketones (excluding diaryl/α,β-unsaturated/α-hetero) is 1. The molecular weight excluding hydrogens is 368 g/mol. The molecule has 0 amide bonds. The maximum Gasteiger partial charge on any atom is 0.181 e. The lowest BCUT2D eigenvalue weighted by atomic mass is 9.68. The summed E-state index contributed by atoms with van der Waals surface area (Å²) >= 11 is 0. The molecule has 0 bridgehead atoms. The average Bonchev–Trinajstić information content (AvgIpc) is 3.10. The minimum atomic E-state index is -0.916. The smallest absolute Gasteiger partial charge is 0.181 e. The van der Waals surface area contributed by atoms with Crippen molar-refractivity contribution in [3.8, 4) is 0 Å². The van der Waals surface area contributed by atoms with Crippen molar-refractivity contribution in [3.05, 3.63) is 52.8 Å². The topological polar surface area (TPSA) is 73.6 Å². The molecule has 1 fully saturated rings. The Balaban J connectivity index is 1.42. The molecule has 29 heavy (non-hydrogen) atoms. The molecule has 1 saturated heterocycles. The molecule has 0 saturated carbocycles. The highest BCUT2D eigenvalue weighted by Crippen LogP contribution is 2.43. The van der Waals surface area contributed by atoms with E-state index in [4.69, 9.17) is 14.6 Å².